The highest BCUT2D eigenvalue weighted by atomic mass is 35.5. The summed E-state index contributed by atoms with van der Waals surface area (Å²) >= 11 is 18.0. The molecule has 7 nitrogen and oxygen atoms in total. The number of oxazole rings is 1. The van der Waals surface area contributed by atoms with E-state index in [9.17, 15) is 9.59 Å². The van der Waals surface area contributed by atoms with Crippen LogP contribution in [0.15, 0.2) is 47.0 Å². The number of ether oxygens (including phenoxy) is 1. The molecule has 3 aromatic rings. The second-order valence-corrected chi connectivity index (χ2v) is 7.79. The fraction of sp³-hybridized carbons (Fsp3) is 0.190. The standard InChI is InChI=1S/C21H18Cl3N3O4/c1-12-8-14(3-5-16(12)23)30-11-20(29)27-26-19(28)6-7-21-25-10-18(31-21)15-4-2-13(22)9-17(15)24/h2-5,8-10H,6-7,11H2,1H3,(H,26,28)(H,27,29). The van der Waals surface area contributed by atoms with Crippen LogP contribution in [-0.2, 0) is 16.0 Å². The number of benzene rings is 2. The molecule has 0 aliphatic carbocycles. The summed E-state index contributed by atoms with van der Waals surface area (Å²) in [4.78, 5) is 27.9. The number of amides is 2. The van der Waals surface area contributed by atoms with Gasteiger partial charge >= 0.3 is 0 Å². The number of carbonyl (C=O) groups excluding carboxylic acids is 2. The molecule has 0 atom stereocenters. The summed E-state index contributed by atoms with van der Waals surface area (Å²) < 4.78 is 11.0. The number of halogens is 3. The van der Waals surface area contributed by atoms with E-state index in [1.54, 1.807) is 36.4 Å². The molecular formula is C21H18Cl3N3O4. The largest absolute Gasteiger partial charge is 0.484 e. The molecule has 3 rings (SSSR count). The number of carbonyl (C=O) groups is 2. The second-order valence-electron chi connectivity index (χ2n) is 6.54. The van der Waals surface area contributed by atoms with Crippen LogP contribution >= 0.6 is 34.8 Å². The molecule has 0 aliphatic heterocycles. The van der Waals surface area contributed by atoms with Crippen molar-refractivity contribution in [2.45, 2.75) is 19.8 Å². The van der Waals surface area contributed by atoms with Crippen LogP contribution in [0.1, 0.15) is 17.9 Å². The lowest BCUT2D eigenvalue weighted by molar-refractivity contribution is -0.130. The molecule has 0 saturated carbocycles. The minimum Gasteiger partial charge on any atom is -0.484 e. The molecule has 0 saturated heterocycles. The molecule has 1 aromatic heterocycles. The molecule has 2 N–H and O–H groups in total. The van der Waals surface area contributed by atoms with Crippen LogP contribution < -0.4 is 15.6 Å². The Morgan fingerprint density at radius 2 is 1.81 bits per heavy atom. The van der Waals surface area contributed by atoms with Gasteiger partial charge in [0.05, 0.1) is 11.2 Å². The van der Waals surface area contributed by atoms with E-state index >= 15 is 0 Å². The van der Waals surface area contributed by atoms with E-state index in [1.807, 2.05) is 6.92 Å². The van der Waals surface area contributed by atoms with Gasteiger partial charge in [-0.3, -0.25) is 20.4 Å². The number of nitrogens with zero attached hydrogens (tertiary/aromatic N) is 1. The Kier molecular flexibility index (Phi) is 7.79. The topological polar surface area (TPSA) is 93.5 Å². The van der Waals surface area contributed by atoms with Crippen molar-refractivity contribution in [1.82, 2.24) is 15.8 Å². The molecule has 0 unspecified atom stereocenters. The van der Waals surface area contributed by atoms with Crippen LogP contribution in [0.25, 0.3) is 11.3 Å². The predicted molar refractivity (Wildman–Crippen MR) is 118 cm³/mol. The first-order valence-corrected chi connectivity index (χ1v) is 10.3. The van der Waals surface area contributed by atoms with Gasteiger partial charge in [0.2, 0.25) is 5.91 Å². The van der Waals surface area contributed by atoms with Crippen molar-refractivity contribution in [2.24, 2.45) is 0 Å². The molecule has 0 bridgehead atoms. The maximum atomic E-state index is 12.0. The molecule has 31 heavy (non-hydrogen) atoms. The summed E-state index contributed by atoms with van der Waals surface area (Å²) in [7, 11) is 0. The Bertz CT molecular complexity index is 1100. The van der Waals surface area contributed by atoms with Gasteiger partial charge in [0.25, 0.3) is 5.91 Å². The monoisotopic (exact) mass is 481 g/mol. The highest BCUT2D eigenvalue weighted by Gasteiger charge is 2.12. The van der Waals surface area contributed by atoms with E-state index in [4.69, 9.17) is 44.0 Å². The van der Waals surface area contributed by atoms with Gasteiger partial charge in [0.1, 0.15) is 5.75 Å². The van der Waals surface area contributed by atoms with E-state index in [2.05, 4.69) is 15.8 Å². The van der Waals surface area contributed by atoms with Crippen LogP contribution in [0.4, 0.5) is 0 Å². The maximum absolute atomic E-state index is 12.0. The van der Waals surface area contributed by atoms with Crippen LogP contribution in [-0.4, -0.2) is 23.4 Å². The van der Waals surface area contributed by atoms with Crippen molar-refractivity contribution < 1.29 is 18.7 Å². The summed E-state index contributed by atoms with van der Waals surface area (Å²) in [6.07, 6.45) is 1.83. The highest BCUT2D eigenvalue weighted by molar-refractivity contribution is 6.36. The summed E-state index contributed by atoms with van der Waals surface area (Å²) in [5.74, 6) is 0.435. The molecule has 0 radical (unpaired) electrons. The fourth-order valence-corrected chi connectivity index (χ4v) is 3.17. The lowest BCUT2D eigenvalue weighted by Crippen LogP contribution is -2.43. The number of hydrogen-bond acceptors (Lipinski definition) is 5. The first-order valence-electron chi connectivity index (χ1n) is 9.18. The minimum absolute atomic E-state index is 0.0613. The molecule has 0 spiro atoms. The normalized spacial score (nSPS) is 10.6. The van der Waals surface area contributed by atoms with Gasteiger partial charge < -0.3 is 9.15 Å². The van der Waals surface area contributed by atoms with Gasteiger partial charge in [-0.1, -0.05) is 34.8 Å². The van der Waals surface area contributed by atoms with Gasteiger partial charge in [-0.25, -0.2) is 4.98 Å². The molecule has 0 fully saturated rings. The van der Waals surface area contributed by atoms with Crippen LogP contribution in [0, 0.1) is 6.92 Å². The molecule has 2 amide bonds. The second kappa shape index (κ2) is 10.5. The Morgan fingerprint density at radius 1 is 1.03 bits per heavy atom. The Balaban J connectivity index is 1.41. The summed E-state index contributed by atoms with van der Waals surface area (Å²) in [6, 6.07) is 10.1. The van der Waals surface area contributed by atoms with Crippen molar-refractivity contribution in [2.75, 3.05) is 6.61 Å². The molecule has 10 heteroatoms. The smallest absolute Gasteiger partial charge is 0.276 e. The highest BCUT2D eigenvalue weighted by Crippen LogP contribution is 2.30. The van der Waals surface area contributed by atoms with Crippen molar-refractivity contribution in [3.05, 3.63) is 69.1 Å². The molecule has 2 aromatic carbocycles. The third kappa shape index (κ3) is 6.62. The number of hydrogen-bond donors (Lipinski definition) is 2. The predicted octanol–water partition coefficient (Wildman–Crippen LogP) is 4.77. The fourth-order valence-electron chi connectivity index (χ4n) is 2.55. The van der Waals surface area contributed by atoms with E-state index in [1.165, 1.54) is 6.20 Å². The SMILES string of the molecule is Cc1cc(OCC(=O)NNC(=O)CCc2ncc(-c3ccc(Cl)cc3Cl)o2)ccc1Cl. The maximum Gasteiger partial charge on any atom is 0.276 e. The number of nitrogens with one attached hydrogen (secondary N) is 2. The van der Waals surface area contributed by atoms with Crippen molar-refractivity contribution in [3.8, 4) is 17.1 Å². The van der Waals surface area contributed by atoms with Crippen molar-refractivity contribution in [1.29, 1.82) is 0 Å². The first-order chi connectivity index (χ1) is 14.8. The average Bonchev–Trinajstić information content (AvgIpc) is 3.20. The number of hydrazine groups is 1. The van der Waals surface area contributed by atoms with Gasteiger partial charge in [-0.05, 0) is 48.9 Å². The van der Waals surface area contributed by atoms with Crippen molar-refractivity contribution in [3.63, 3.8) is 0 Å². The van der Waals surface area contributed by atoms with Gasteiger partial charge in [0, 0.05) is 28.5 Å². The molecule has 162 valence electrons. The van der Waals surface area contributed by atoms with Crippen molar-refractivity contribution >= 4 is 46.6 Å². The zero-order chi connectivity index (χ0) is 22.4. The third-order valence-corrected chi connectivity index (χ3v) is 5.13. The quantitative estimate of drug-likeness (QED) is 0.473. The van der Waals surface area contributed by atoms with Gasteiger partial charge in [0.15, 0.2) is 18.3 Å². The lowest BCUT2D eigenvalue weighted by Gasteiger charge is -2.09. The van der Waals surface area contributed by atoms with E-state index in [-0.39, 0.29) is 19.4 Å². The van der Waals surface area contributed by atoms with E-state index in [0.29, 0.717) is 38.0 Å². The Morgan fingerprint density at radius 3 is 2.55 bits per heavy atom. The number of rotatable bonds is 7. The Labute approximate surface area is 193 Å². The molecule has 1 heterocycles. The van der Waals surface area contributed by atoms with E-state index < -0.39 is 11.8 Å². The van der Waals surface area contributed by atoms with Gasteiger partial charge in [-0.15, -0.1) is 0 Å². The minimum atomic E-state index is -0.503. The lowest BCUT2D eigenvalue weighted by atomic mass is 10.2. The van der Waals surface area contributed by atoms with Crippen LogP contribution in [0.5, 0.6) is 5.75 Å². The molecular weight excluding hydrogens is 465 g/mol. The average molecular weight is 483 g/mol. The van der Waals surface area contributed by atoms with E-state index in [0.717, 1.165) is 5.56 Å². The first kappa shape index (κ1) is 22.9. The third-order valence-electron chi connectivity index (χ3n) is 4.16. The van der Waals surface area contributed by atoms with Gasteiger partial charge in [-0.2, -0.15) is 0 Å². The van der Waals surface area contributed by atoms with Crippen LogP contribution in [0.2, 0.25) is 15.1 Å². The zero-order valence-corrected chi connectivity index (χ0v) is 18.6. The number of aromatic nitrogens is 1. The molecule has 0 aliphatic rings. The number of aryl methyl sites for hydroxylation is 2. The summed E-state index contributed by atoms with van der Waals surface area (Å²) in [5, 5.41) is 1.56. The van der Waals surface area contributed by atoms with Crippen LogP contribution in [0.3, 0.4) is 0 Å². The Hall–Kier alpha value is -2.74. The summed E-state index contributed by atoms with van der Waals surface area (Å²) in [6.45, 7) is 1.57. The zero-order valence-electron chi connectivity index (χ0n) is 16.4. The summed E-state index contributed by atoms with van der Waals surface area (Å²) in [5.41, 5.74) is 6.09.